The SMILES string of the molecule is Cc1ccc(C=Nc2ccc(O)cc2)o1. The van der Waals surface area contributed by atoms with Crippen molar-refractivity contribution in [2.24, 2.45) is 4.99 Å². The number of aryl methyl sites for hydroxylation is 1. The molecule has 15 heavy (non-hydrogen) atoms. The van der Waals surface area contributed by atoms with E-state index in [0.717, 1.165) is 17.2 Å². The molecule has 0 spiro atoms. The van der Waals surface area contributed by atoms with Crippen LogP contribution in [-0.4, -0.2) is 11.3 Å². The van der Waals surface area contributed by atoms with Crippen molar-refractivity contribution in [2.75, 3.05) is 0 Å². The third kappa shape index (κ3) is 2.47. The predicted octanol–water partition coefficient (Wildman–Crippen LogP) is 3.04. The van der Waals surface area contributed by atoms with Gasteiger partial charge in [-0.25, -0.2) is 0 Å². The van der Waals surface area contributed by atoms with Crippen LogP contribution in [0.25, 0.3) is 0 Å². The standard InChI is InChI=1S/C12H11NO2/c1-9-2-7-12(15-9)8-13-10-3-5-11(14)6-4-10/h2-8,14H,1H3. The van der Waals surface area contributed by atoms with E-state index in [4.69, 9.17) is 9.52 Å². The number of phenols is 1. The second-order valence-corrected chi connectivity index (χ2v) is 3.22. The number of nitrogens with zero attached hydrogens (tertiary/aromatic N) is 1. The summed E-state index contributed by atoms with van der Waals surface area (Å²) < 4.78 is 5.33. The zero-order chi connectivity index (χ0) is 10.7. The number of furan rings is 1. The Morgan fingerprint density at radius 3 is 2.47 bits per heavy atom. The summed E-state index contributed by atoms with van der Waals surface area (Å²) in [6, 6.07) is 10.4. The van der Waals surface area contributed by atoms with Gasteiger partial charge in [-0.05, 0) is 43.3 Å². The minimum atomic E-state index is 0.239. The number of hydrogen-bond acceptors (Lipinski definition) is 3. The lowest BCUT2D eigenvalue weighted by Crippen LogP contribution is -1.73. The summed E-state index contributed by atoms with van der Waals surface area (Å²) in [5.41, 5.74) is 0.779. The predicted molar refractivity (Wildman–Crippen MR) is 58.8 cm³/mol. The smallest absolute Gasteiger partial charge is 0.145 e. The Labute approximate surface area is 87.7 Å². The van der Waals surface area contributed by atoms with Crippen LogP contribution in [0, 0.1) is 6.92 Å². The molecule has 0 amide bonds. The second-order valence-electron chi connectivity index (χ2n) is 3.22. The van der Waals surface area contributed by atoms with Crippen LogP contribution in [0.1, 0.15) is 11.5 Å². The first-order chi connectivity index (χ1) is 7.24. The van der Waals surface area contributed by atoms with E-state index in [1.54, 1.807) is 30.5 Å². The van der Waals surface area contributed by atoms with Crippen LogP contribution in [-0.2, 0) is 0 Å². The van der Waals surface area contributed by atoms with E-state index >= 15 is 0 Å². The van der Waals surface area contributed by atoms with Gasteiger partial charge in [0.2, 0.25) is 0 Å². The number of benzene rings is 1. The Balaban J connectivity index is 2.14. The monoisotopic (exact) mass is 201 g/mol. The first-order valence-electron chi connectivity index (χ1n) is 4.63. The summed E-state index contributed by atoms with van der Waals surface area (Å²) in [5.74, 6) is 1.82. The second kappa shape index (κ2) is 4.00. The fraction of sp³-hybridized carbons (Fsp3) is 0.0833. The van der Waals surface area contributed by atoms with Crippen LogP contribution in [0.15, 0.2) is 45.8 Å². The van der Waals surface area contributed by atoms with E-state index in [-0.39, 0.29) is 5.75 Å². The molecular weight excluding hydrogens is 190 g/mol. The van der Waals surface area contributed by atoms with E-state index in [2.05, 4.69) is 4.99 Å². The molecule has 3 nitrogen and oxygen atoms in total. The van der Waals surface area contributed by atoms with Crippen molar-refractivity contribution in [3.63, 3.8) is 0 Å². The van der Waals surface area contributed by atoms with Crippen molar-refractivity contribution in [1.82, 2.24) is 0 Å². The molecule has 0 aliphatic heterocycles. The van der Waals surface area contributed by atoms with Crippen molar-refractivity contribution in [3.05, 3.63) is 47.9 Å². The highest BCUT2D eigenvalue weighted by Crippen LogP contribution is 2.16. The molecule has 1 aromatic carbocycles. The van der Waals surface area contributed by atoms with Crippen molar-refractivity contribution < 1.29 is 9.52 Å². The molecule has 76 valence electrons. The van der Waals surface area contributed by atoms with Crippen molar-refractivity contribution in [1.29, 1.82) is 0 Å². The van der Waals surface area contributed by atoms with E-state index in [0.29, 0.717) is 0 Å². The Bertz CT molecular complexity index is 469. The maximum absolute atomic E-state index is 9.07. The van der Waals surface area contributed by atoms with Crippen LogP contribution in [0.2, 0.25) is 0 Å². The fourth-order valence-corrected chi connectivity index (χ4v) is 1.20. The summed E-state index contributed by atoms with van der Waals surface area (Å²) in [7, 11) is 0. The van der Waals surface area contributed by atoms with Gasteiger partial charge >= 0.3 is 0 Å². The zero-order valence-corrected chi connectivity index (χ0v) is 8.34. The quantitative estimate of drug-likeness (QED) is 0.759. The Kier molecular flexibility index (Phi) is 2.54. The molecule has 2 aromatic rings. The minimum Gasteiger partial charge on any atom is -0.508 e. The molecule has 1 aromatic heterocycles. The van der Waals surface area contributed by atoms with Gasteiger partial charge in [-0.2, -0.15) is 0 Å². The van der Waals surface area contributed by atoms with Gasteiger partial charge in [-0.3, -0.25) is 4.99 Å². The molecule has 0 fully saturated rings. The first kappa shape index (κ1) is 9.52. The molecule has 0 bridgehead atoms. The third-order valence-electron chi connectivity index (χ3n) is 1.95. The number of hydrogen-bond donors (Lipinski definition) is 1. The van der Waals surface area contributed by atoms with Gasteiger partial charge in [0.15, 0.2) is 0 Å². The lowest BCUT2D eigenvalue weighted by atomic mass is 10.3. The normalized spacial score (nSPS) is 11.0. The van der Waals surface area contributed by atoms with Gasteiger partial charge in [0.05, 0.1) is 11.9 Å². The molecular formula is C12H11NO2. The van der Waals surface area contributed by atoms with E-state index in [1.807, 2.05) is 19.1 Å². The maximum atomic E-state index is 9.07. The average molecular weight is 201 g/mol. The topological polar surface area (TPSA) is 45.7 Å². The first-order valence-corrected chi connectivity index (χ1v) is 4.63. The lowest BCUT2D eigenvalue weighted by Gasteiger charge is -1.92. The van der Waals surface area contributed by atoms with Gasteiger partial charge in [-0.1, -0.05) is 0 Å². The molecule has 1 heterocycles. The van der Waals surface area contributed by atoms with Gasteiger partial charge in [0.25, 0.3) is 0 Å². The van der Waals surface area contributed by atoms with Crippen LogP contribution in [0.5, 0.6) is 5.75 Å². The van der Waals surface area contributed by atoms with Crippen molar-refractivity contribution in [2.45, 2.75) is 6.92 Å². The summed E-state index contributed by atoms with van der Waals surface area (Å²) >= 11 is 0. The summed E-state index contributed by atoms with van der Waals surface area (Å²) in [6.45, 7) is 1.89. The van der Waals surface area contributed by atoms with Gasteiger partial charge in [0, 0.05) is 0 Å². The Hall–Kier alpha value is -2.03. The van der Waals surface area contributed by atoms with Crippen LogP contribution in [0.4, 0.5) is 5.69 Å². The Morgan fingerprint density at radius 1 is 1.13 bits per heavy atom. The largest absolute Gasteiger partial charge is 0.508 e. The molecule has 0 radical (unpaired) electrons. The Morgan fingerprint density at radius 2 is 1.87 bits per heavy atom. The molecule has 0 saturated carbocycles. The number of aliphatic imine (C=N–C) groups is 1. The van der Waals surface area contributed by atoms with Crippen LogP contribution in [0.3, 0.4) is 0 Å². The molecule has 0 aliphatic rings. The van der Waals surface area contributed by atoms with E-state index < -0.39 is 0 Å². The molecule has 2 rings (SSSR count). The minimum absolute atomic E-state index is 0.239. The molecule has 0 aliphatic carbocycles. The summed E-state index contributed by atoms with van der Waals surface area (Å²) in [4.78, 5) is 4.20. The van der Waals surface area contributed by atoms with Gasteiger partial charge in [-0.15, -0.1) is 0 Å². The number of aromatic hydroxyl groups is 1. The summed E-state index contributed by atoms with van der Waals surface area (Å²) in [6.07, 6.45) is 1.65. The molecule has 1 N–H and O–H groups in total. The molecule has 0 atom stereocenters. The fourth-order valence-electron chi connectivity index (χ4n) is 1.20. The number of phenolic OH excluding ortho intramolecular Hbond substituents is 1. The van der Waals surface area contributed by atoms with Crippen LogP contribution >= 0.6 is 0 Å². The molecule has 0 saturated heterocycles. The lowest BCUT2D eigenvalue weighted by molar-refractivity contribution is 0.475. The molecule has 3 heteroatoms. The van der Waals surface area contributed by atoms with E-state index in [9.17, 15) is 0 Å². The average Bonchev–Trinajstić information content (AvgIpc) is 2.64. The summed E-state index contributed by atoms with van der Waals surface area (Å²) in [5, 5.41) is 9.07. The van der Waals surface area contributed by atoms with E-state index in [1.165, 1.54) is 0 Å². The highest BCUT2D eigenvalue weighted by atomic mass is 16.3. The highest BCUT2D eigenvalue weighted by molar-refractivity contribution is 5.78. The zero-order valence-electron chi connectivity index (χ0n) is 8.34. The highest BCUT2D eigenvalue weighted by Gasteiger charge is 1.94. The molecule has 0 unspecified atom stereocenters. The van der Waals surface area contributed by atoms with Crippen molar-refractivity contribution >= 4 is 11.9 Å². The maximum Gasteiger partial charge on any atom is 0.145 e. The number of rotatable bonds is 2. The van der Waals surface area contributed by atoms with Crippen molar-refractivity contribution in [3.8, 4) is 5.75 Å². The third-order valence-corrected chi connectivity index (χ3v) is 1.95. The van der Waals surface area contributed by atoms with Gasteiger partial charge in [0.1, 0.15) is 17.3 Å². The van der Waals surface area contributed by atoms with Crippen LogP contribution < -0.4 is 0 Å². The van der Waals surface area contributed by atoms with Gasteiger partial charge < -0.3 is 9.52 Å².